The first-order chi connectivity index (χ1) is 60.7. The number of aliphatic hydroxyl groups excluding tert-OH is 1. The summed E-state index contributed by atoms with van der Waals surface area (Å²) in [5.74, 6) is 3.84. The van der Waals surface area contributed by atoms with Crippen molar-refractivity contribution in [1.29, 1.82) is 0 Å². The summed E-state index contributed by atoms with van der Waals surface area (Å²) in [6.45, 7) is 41.1. The van der Waals surface area contributed by atoms with Gasteiger partial charge in [-0.1, -0.05) is 233 Å². The lowest BCUT2D eigenvalue weighted by Crippen LogP contribution is -2.49. The van der Waals surface area contributed by atoms with Gasteiger partial charge in [0, 0.05) is 65.2 Å². The summed E-state index contributed by atoms with van der Waals surface area (Å²) in [5, 5.41) is 23.5. The first-order valence-electron chi connectivity index (χ1n) is 40.9. The Hall–Kier alpha value is -8.05. The predicted octanol–water partition coefficient (Wildman–Crippen LogP) is 26.0. The molecular weight excluding hydrogens is 1990 g/mol. The molecule has 3 aliphatic rings. The minimum Gasteiger partial charge on any atom is -0.506 e. The number of hydrogen-bond acceptors (Lipinski definition) is 19. The number of nitrogens with zero attached hydrogens (tertiary/aromatic N) is 2. The molecule has 3 saturated heterocycles. The van der Waals surface area contributed by atoms with Crippen LogP contribution in [0.1, 0.15) is 145 Å². The van der Waals surface area contributed by atoms with Crippen LogP contribution in [0, 0.1) is 11.3 Å². The fraction of sp³-hybridized carbons (Fsp3) is 0.402. The number of likely N-dealkylation sites (tertiary alicyclic amines) is 2. The van der Waals surface area contributed by atoms with E-state index in [2.05, 4.69) is 104 Å². The molecule has 698 valence electrons. The molecule has 21 nitrogen and oxygen atoms in total. The average molecular weight is 2120 g/mol. The van der Waals surface area contributed by atoms with Crippen molar-refractivity contribution in [3.05, 3.63) is 268 Å². The third-order valence-corrected chi connectivity index (χ3v) is 20.5. The molecule has 0 aliphatic carbocycles. The van der Waals surface area contributed by atoms with E-state index in [4.69, 9.17) is 120 Å². The summed E-state index contributed by atoms with van der Waals surface area (Å²) in [5.41, 5.74) is 2.41. The molecule has 1 unspecified atom stereocenters. The van der Waals surface area contributed by atoms with E-state index in [0.29, 0.717) is 171 Å². The lowest BCUT2D eigenvalue weighted by Gasteiger charge is -2.40. The Balaban J connectivity index is 0.000000728. The van der Waals surface area contributed by atoms with Crippen molar-refractivity contribution in [2.75, 3.05) is 96.3 Å². The van der Waals surface area contributed by atoms with Gasteiger partial charge in [0.05, 0.1) is 75.6 Å². The maximum absolute atomic E-state index is 12.7. The van der Waals surface area contributed by atoms with E-state index in [-0.39, 0.29) is 47.4 Å². The fourth-order valence-electron chi connectivity index (χ4n) is 10.6. The van der Waals surface area contributed by atoms with Gasteiger partial charge < -0.3 is 72.1 Å². The molecule has 7 aromatic rings. The Morgan fingerprint density at radius 1 is 0.504 bits per heavy atom. The van der Waals surface area contributed by atoms with Gasteiger partial charge in [-0.15, -0.1) is 6.58 Å². The van der Waals surface area contributed by atoms with Crippen LogP contribution in [0.3, 0.4) is 0 Å². The number of piperidine rings is 2. The van der Waals surface area contributed by atoms with Gasteiger partial charge in [-0.3, -0.25) is 19.2 Å². The second kappa shape index (κ2) is 69.0. The lowest BCUT2D eigenvalue weighted by atomic mass is 9.76. The maximum Gasteiger partial charge on any atom is 0.410 e. The molecule has 0 saturated carbocycles. The highest BCUT2D eigenvalue weighted by Gasteiger charge is 2.44. The van der Waals surface area contributed by atoms with Gasteiger partial charge in [0.2, 0.25) is 0 Å². The zero-order chi connectivity index (χ0) is 95.0. The highest BCUT2D eigenvalue weighted by Crippen LogP contribution is 2.38. The largest absolute Gasteiger partial charge is 0.506 e. The molecule has 0 bridgehead atoms. The van der Waals surface area contributed by atoms with Crippen LogP contribution in [-0.4, -0.2) is 170 Å². The molecule has 0 spiro atoms. The van der Waals surface area contributed by atoms with Crippen LogP contribution in [0.2, 0.25) is 25.1 Å². The highest BCUT2D eigenvalue weighted by atomic mass is 79.9. The van der Waals surface area contributed by atoms with Crippen molar-refractivity contribution in [1.82, 2.24) is 9.80 Å². The SMILES string of the molecule is BrCCOc1ccccc1.C=CCBr.C=CCOc1ccc(C=O)cc1Cl.C=CCOc1ccc(CBr)cc1Cl.C=CCOc1ccc(CBr)cc1Cl.C=CCOc1ccc(CO)cc1Cl.CC1CCCO1.CCOC(=O)C1(CCOc2ccccc2)CCN(C(=O)OC(C)(C)C)CC1.CCOC(=O)C1CCN(C(=O)OC(C)(C)C)CC1.O=Cc1ccc(O)c(Cl)c1. The number of alkyl halides is 4. The Labute approximate surface area is 810 Å². The Kier molecular flexibility index (Phi) is 63.5. The summed E-state index contributed by atoms with van der Waals surface area (Å²) >= 11 is 42.2. The van der Waals surface area contributed by atoms with Crippen molar-refractivity contribution >= 4 is 158 Å². The van der Waals surface area contributed by atoms with Crippen LogP contribution >= 0.6 is 122 Å². The first-order valence-corrected chi connectivity index (χ1v) is 47.3. The number of phenols is 1. The van der Waals surface area contributed by atoms with Crippen molar-refractivity contribution in [2.24, 2.45) is 11.3 Å². The summed E-state index contributed by atoms with van der Waals surface area (Å²) in [7, 11) is 0. The molecule has 0 radical (unpaired) electrons. The number of halogens is 9. The molecule has 30 heteroatoms. The van der Waals surface area contributed by atoms with Gasteiger partial charge in [0.15, 0.2) is 0 Å². The molecule has 0 aromatic heterocycles. The van der Waals surface area contributed by atoms with Crippen molar-refractivity contribution in [3.8, 4) is 40.2 Å². The van der Waals surface area contributed by atoms with Crippen LogP contribution < -0.4 is 28.4 Å². The molecule has 3 heterocycles. The van der Waals surface area contributed by atoms with Crippen LogP contribution in [0.15, 0.2) is 215 Å². The van der Waals surface area contributed by atoms with E-state index >= 15 is 0 Å². The molecule has 10 rings (SSSR count). The highest BCUT2D eigenvalue weighted by molar-refractivity contribution is 9.09. The number of benzene rings is 7. The Morgan fingerprint density at radius 3 is 1.22 bits per heavy atom. The van der Waals surface area contributed by atoms with Gasteiger partial charge in [-0.25, -0.2) is 9.59 Å². The molecule has 2 N–H and O–H groups in total. The number of carbonyl (C=O) groups excluding carboxylic acids is 6. The van der Waals surface area contributed by atoms with E-state index in [1.807, 2.05) is 146 Å². The maximum atomic E-state index is 12.7. The van der Waals surface area contributed by atoms with E-state index < -0.39 is 16.6 Å². The van der Waals surface area contributed by atoms with E-state index in [1.165, 1.54) is 31.0 Å². The molecule has 3 aliphatic heterocycles. The van der Waals surface area contributed by atoms with Crippen molar-refractivity contribution in [3.63, 3.8) is 0 Å². The van der Waals surface area contributed by atoms with Gasteiger partial charge >= 0.3 is 24.1 Å². The minimum atomic E-state index is -0.622. The Bertz CT molecular complexity index is 4180. The molecule has 3 fully saturated rings. The standard InChI is InChI=1S/C21H31NO5.C13H23NO4.2C10H10BrClO.C10H11ClO2.C10H9ClO2.C8H9BrO.C7H5ClO2.C5H10O.C3H5Br/c1-5-25-18(23)21(13-16-26-17-9-7-6-8-10-17)11-14-22(15-12-21)19(24)27-20(2,3)4;1-5-17-11(15)10-6-8-14(9-7-10)12(16)18-13(2,3)4;2*1-2-5-13-10-4-3-8(7-11)6-9(10)12;2*1-2-5-13-10-4-3-8(7-12)6-9(10)11;9-6-7-10-8-4-2-1-3-5-8;8-6-3-5(4-9)1-2-7(6)10;1-5-3-2-4-6-5;1-2-3-4/h6-10H,5,11-16H2,1-4H3;10H,5-9H2,1-4H3;2*2-4,6H,1,5,7H2;2-4,6,12H,1,5,7H2;2-4,6-7H,1,5H2;1-5H,6-7H2;1-4,10H;5H,2-4H2,1H3;2H,1,3H2. The number of rotatable bonds is 29. The average Bonchev–Trinajstić information content (AvgIpc) is 1.05. The van der Waals surface area contributed by atoms with Crippen molar-refractivity contribution < 1.29 is 91.1 Å². The molecule has 127 heavy (non-hydrogen) atoms. The fourth-order valence-corrected chi connectivity index (χ4v) is 12.7. The number of amides is 2. The minimum absolute atomic E-state index is 0.00716. The van der Waals surface area contributed by atoms with Crippen molar-refractivity contribution in [2.45, 2.75) is 142 Å². The molecule has 1 atom stereocenters. The topological polar surface area (TPSA) is 251 Å². The number of ether oxygens (including phenoxy) is 11. The predicted molar refractivity (Wildman–Crippen MR) is 528 cm³/mol. The second-order valence-electron chi connectivity index (χ2n) is 29.2. The number of para-hydroxylation sites is 2. The monoisotopic (exact) mass is 2110 g/mol. The Morgan fingerprint density at radius 2 is 0.890 bits per heavy atom. The van der Waals surface area contributed by atoms with Gasteiger partial charge in [0.1, 0.15) is 90.4 Å². The van der Waals surface area contributed by atoms with Crippen LogP contribution in [0.4, 0.5) is 9.59 Å². The van der Waals surface area contributed by atoms with Gasteiger partial charge in [-0.05, 0) is 221 Å². The normalized spacial score (nSPS) is 13.2. The van der Waals surface area contributed by atoms with Gasteiger partial charge in [-0.2, -0.15) is 0 Å². The molecule has 2 amide bonds. The van der Waals surface area contributed by atoms with E-state index in [0.717, 1.165) is 69.0 Å². The van der Waals surface area contributed by atoms with Gasteiger partial charge in [0.25, 0.3) is 0 Å². The first kappa shape index (κ1) is 117. The van der Waals surface area contributed by atoms with Crippen LogP contribution in [-0.2, 0) is 50.5 Å². The summed E-state index contributed by atoms with van der Waals surface area (Å²) < 4.78 is 58.4. The number of carbonyl (C=O) groups is 6. The quantitative estimate of drug-likeness (QED) is 0.0145. The molecular formula is C97H123Br4Cl5N2O19. The third kappa shape index (κ3) is 52.4. The van der Waals surface area contributed by atoms with Crippen LogP contribution in [0.5, 0.6) is 40.2 Å². The summed E-state index contributed by atoms with van der Waals surface area (Å²) in [4.78, 5) is 72.1. The number of aliphatic hydroxyl groups is 1. The number of esters is 2. The summed E-state index contributed by atoms with van der Waals surface area (Å²) in [6.07, 6.45) is 15.3. The lowest BCUT2D eigenvalue weighted by molar-refractivity contribution is -0.159. The number of phenolic OH excluding ortho intramolecular Hbond substituents is 1. The number of aromatic hydroxyl groups is 1. The van der Waals surface area contributed by atoms with Crippen LogP contribution in [0.25, 0.3) is 0 Å². The number of hydrogen-bond donors (Lipinski definition) is 2. The summed E-state index contributed by atoms with van der Waals surface area (Å²) in [6, 6.07) is 45.1. The zero-order valence-electron chi connectivity index (χ0n) is 74.0. The van der Waals surface area contributed by atoms with E-state index in [9.17, 15) is 28.8 Å². The number of allylic oxidation sites excluding steroid dienone is 1. The smallest absolute Gasteiger partial charge is 0.410 e. The van der Waals surface area contributed by atoms with E-state index in [1.54, 1.807) is 83.5 Å². The molecule has 7 aromatic carbocycles. The number of aldehydes is 2. The zero-order valence-corrected chi connectivity index (χ0v) is 84.1. The second-order valence-corrected chi connectivity index (χ2v) is 33.8. The third-order valence-electron chi connectivity index (χ3n) is 16.9.